The van der Waals surface area contributed by atoms with Crippen LogP contribution in [-0.4, -0.2) is 48.1 Å². The molecule has 2 heterocycles. The van der Waals surface area contributed by atoms with Crippen LogP contribution in [0.15, 0.2) is 47.4 Å². The molecule has 4 rings (SSSR count). The van der Waals surface area contributed by atoms with Crippen molar-refractivity contribution in [3.8, 4) is 11.5 Å². The van der Waals surface area contributed by atoms with Gasteiger partial charge in [-0.3, -0.25) is 0 Å². The van der Waals surface area contributed by atoms with E-state index in [9.17, 15) is 12.8 Å². The largest absolute Gasteiger partial charge is 0.454 e. The summed E-state index contributed by atoms with van der Waals surface area (Å²) in [6.45, 7) is 3.19. The Morgan fingerprint density at radius 1 is 1.04 bits per heavy atom. The summed E-state index contributed by atoms with van der Waals surface area (Å²) < 4.78 is 57.3. The molecule has 0 radical (unpaired) electrons. The van der Waals surface area contributed by atoms with Gasteiger partial charge in [0.05, 0.1) is 24.7 Å². The quantitative estimate of drug-likeness (QED) is 0.726. The molecule has 9 heteroatoms. The van der Waals surface area contributed by atoms with Gasteiger partial charge in [0.1, 0.15) is 24.9 Å². The SMILES string of the molecule is O=S(=O)(NC[C@H](c1ccc2c(c1)OCO2)[NH+]1CCOCC1)c1ccc(F)cc1. The fourth-order valence-corrected chi connectivity index (χ4v) is 4.55. The highest BCUT2D eigenvalue weighted by Gasteiger charge is 2.30. The van der Waals surface area contributed by atoms with Gasteiger partial charge in [-0.1, -0.05) is 0 Å². The Hall–Kier alpha value is -2.20. The number of nitrogens with one attached hydrogen (secondary N) is 2. The van der Waals surface area contributed by atoms with E-state index in [1.165, 1.54) is 17.0 Å². The zero-order chi connectivity index (χ0) is 19.6. The third-order valence-electron chi connectivity index (χ3n) is 5.03. The van der Waals surface area contributed by atoms with E-state index in [4.69, 9.17) is 14.2 Å². The van der Waals surface area contributed by atoms with Gasteiger partial charge in [-0.25, -0.2) is 17.5 Å². The summed E-state index contributed by atoms with van der Waals surface area (Å²) in [5.41, 5.74) is 0.961. The molecule has 0 saturated carbocycles. The molecule has 0 aromatic heterocycles. The molecule has 2 aliphatic rings. The molecule has 0 bridgehead atoms. The van der Waals surface area contributed by atoms with E-state index in [1.807, 2.05) is 18.2 Å². The smallest absolute Gasteiger partial charge is 0.240 e. The molecule has 0 unspecified atom stereocenters. The number of fused-ring (bicyclic) bond motifs is 1. The van der Waals surface area contributed by atoms with Gasteiger partial charge < -0.3 is 19.1 Å². The molecule has 2 aliphatic heterocycles. The average Bonchev–Trinajstić information content (AvgIpc) is 3.17. The minimum Gasteiger partial charge on any atom is -0.454 e. The first-order valence-corrected chi connectivity index (χ1v) is 10.6. The van der Waals surface area contributed by atoms with E-state index in [0.717, 1.165) is 30.8 Å². The molecule has 0 amide bonds. The van der Waals surface area contributed by atoms with Crippen molar-refractivity contribution in [1.82, 2.24) is 4.72 Å². The summed E-state index contributed by atoms with van der Waals surface area (Å²) in [7, 11) is -3.75. The fourth-order valence-electron chi connectivity index (χ4n) is 3.50. The third kappa shape index (κ3) is 4.12. The molecule has 2 N–H and O–H groups in total. The van der Waals surface area contributed by atoms with Crippen molar-refractivity contribution in [3.05, 3.63) is 53.8 Å². The Balaban J connectivity index is 1.56. The van der Waals surface area contributed by atoms with Crippen molar-refractivity contribution in [2.45, 2.75) is 10.9 Å². The van der Waals surface area contributed by atoms with Crippen LogP contribution in [0.5, 0.6) is 11.5 Å². The van der Waals surface area contributed by atoms with Crippen LogP contribution in [0.25, 0.3) is 0 Å². The molecule has 2 aromatic rings. The molecular weight excluding hydrogens is 387 g/mol. The van der Waals surface area contributed by atoms with Gasteiger partial charge in [-0.15, -0.1) is 0 Å². The minimum atomic E-state index is -3.75. The summed E-state index contributed by atoms with van der Waals surface area (Å²) in [6, 6.07) is 10.4. The zero-order valence-electron chi connectivity index (χ0n) is 15.2. The summed E-state index contributed by atoms with van der Waals surface area (Å²) in [5.74, 6) is 0.873. The second-order valence-corrected chi connectivity index (χ2v) is 8.51. The van der Waals surface area contributed by atoms with E-state index in [0.29, 0.717) is 24.7 Å². The molecule has 1 fully saturated rings. The maximum Gasteiger partial charge on any atom is 0.240 e. The van der Waals surface area contributed by atoms with Crippen LogP contribution >= 0.6 is 0 Å². The van der Waals surface area contributed by atoms with Gasteiger partial charge in [0, 0.05) is 5.56 Å². The normalized spacial score (nSPS) is 18.2. The van der Waals surface area contributed by atoms with E-state index in [-0.39, 0.29) is 24.3 Å². The van der Waals surface area contributed by atoms with Crippen LogP contribution in [0.3, 0.4) is 0 Å². The number of rotatable bonds is 6. The second-order valence-electron chi connectivity index (χ2n) is 6.74. The number of morpholine rings is 1. The lowest BCUT2D eigenvalue weighted by atomic mass is 10.0. The fraction of sp³-hybridized carbons (Fsp3) is 0.368. The van der Waals surface area contributed by atoms with Crippen molar-refractivity contribution in [1.29, 1.82) is 0 Å². The number of halogens is 1. The van der Waals surface area contributed by atoms with Crippen LogP contribution in [0.2, 0.25) is 0 Å². The molecule has 28 heavy (non-hydrogen) atoms. The monoisotopic (exact) mass is 409 g/mol. The maximum atomic E-state index is 13.1. The standard InChI is InChI=1S/C19H21FN2O5S/c20-15-2-4-16(5-3-15)28(23,24)21-12-17(22-7-9-25-10-8-22)14-1-6-18-19(11-14)27-13-26-18/h1-6,11,17,21H,7-10,12-13H2/p+1/t17-/m1/s1. The second kappa shape index (κ2) is 8.04. The topological polar surface area (TPSA) is 78.3 Å². The van der Waals surface area contributed by atoms with E-state index in [1.54, 1.807) is 0 Å². The van der Waals surface area contributed by atoms with Gasteiger partial charge in [0.2, 0.25) is 16.8 Å². The zero-order valence-corrected chi connectivity index (χ0v) is 16.0. The molecular formula is C19H22FN2O5S+. The third-order valence-corrected chi connectivity index (χ3v) is 6.47. The molecule has 0 spiro atoms. The van der Waals surface area contributed by atoms with Gasteiger partial charge >= 0.3 is 0 Å². The summed E-state index contributed by atoms with van der Waals surface area (Å²) >= 11 is 0. The van der Waals surface area contributed by atoms with Crippen molar-refractivity contribution >= 4 is 10.0 Å². The lowest BCUT2D eigenvalue weighted by Crippen LogP contribution is -3.15. The summed E-state index contributed by atoms with van der Waals surface area (Å²) in [4.78, 5) is 1.27. The first-order chi connectivity index (χ1) is 13.5. The molecule has 150 valence electrons. The summed E-state index contributed by atoms with van der Waals surface area (Å²) in [6.07, 6.45) is 0. The van der Waals surface area contributed by atoms with Gasteiger partial charge in [-0.05, 0) is 42.5 Å². The Kier molecular flexibility index (Phi) is 5.49. The Morgan fingerprint density at radius 2 is 1.75 bits per heavy atom. The van der Waals surface area contributed by atoms with Crippen molar-refractivity contribution in [2.24, 2.45) is 0 Å². The van der Waals surface area contributed by atoms with Gasteiger partial charge in [0.15, 0.2) is 11.5 Å². The molecule has 1 atom stereocenters. The number of benzene rings is 2. The number of sulfonamides is 1. The minimum absolute atomic E-state index is 0.0373. The van der Waals surface area contributed by atoms with Gasteiger partial charge in [-0.2, -0.15) is 0 Å². The molecule has 7 nitrogen and oxygen atoms in total. The highest BCUT2D eigenvalue weighted by molar-refractivity contribution is 7.89. The van der Waals surface area contributed by atoms with E-state index in [2.05, 4.69) is 4.72 Å². The summed E-state index contributed by atoms with van der Waals surface area (Å²) in [5, 5.41) is 0. The van der Waals surface area contributed by atoms with Crippen LogP contribution < -0.4 is 19.1 Å². The lowest BCUT2D eigenvalue weighted by Gasteiger charge is -2.32. The molecule has 0 aliphatic carbocycles. The van der Waals surface area contributed by atoms with Crippen LogP contribution in [0.1, 0.15) is 11.6 Å². The maximum absolute atomic E-state index is 13.1. The lowest BCUT2D eigenvalue weighted by molar-refractivity contribution is -0.937. The van der Waals surface area contributed by atoms with Crippen molar-refractivity contribution in [3.63, 3.8) is 0 Å². The first kappa shape index (κ1) is 19.1. The molecule has 2 aromatic carbocycles. The highest BCUT2D eigenvalue weighted by atomic mass is 32.2. The molecule has 1 saturated heterocycles. The van der Waals surface area contributed by atoms with Crippen LogP contribution in [0.4, 0.5) is 4.39 Å². The number of quaternary nitrogens is 1. The number of hydrogen-bond donors (Lipinski definition) is 2. The van der Waals surface area contributed by atoms with Crippen LogP contribution in [-0.2, 0) is 14.8 Å². The average molecular weight is 409 g/mol. The van der Waals surface area contributed by atoms with Gasteiger partial charge in [0.25, 0.3) is 0 Å². The Labute approximate surface area is 163 Å². The number of ether oxygens (including phenoxy) is 3. The Morgan fingerprint density at radius 3 is 2.50 bits per heavy atom. The van der Waals surface area contributed by atoms with Crippen molar-refractivity contribution in [2.75, 3.05) is 39.6 Å². The Bertz CT molecular complexity index is 930. The predicted molar refractivity (Wildman–Crippen MR) is 98.4 cm³/mol. The number of hydrogen-bond acceptors (Lipinski definition) is 5. The predicted octanol–water partition coefficient (Wildman–Crippen LogP) is 0.489. The highest BCUT2D eigenvalue weighted by Crippen LogP contribution is 2.33. The van der Waals surface area contributed by atoms with Crippen molar-refractivity contribution < 1.29 is 31.9 Å². The van der Waals surface area contributed by atoms with E-state index >= 15 is 0 Å². The van der Waals surface area contributed by atoms with E-state index < -0.39 is 15.8 Å². The first-order valence-electron chi connectivity index (χ1n) is 9.10. The van der Waals surface area contributed by atoms with Crippen LogP contribution in [0, 0.1) is 5.82 Å².